The highest BCUT2D eigenvalue weighted by Crippen LogP contribution is 2.30. The molecule has 3 heterocycles. The Balaban J connectivity index is 1.76. The van der Waals surface area contributed by atoms with Gasteiger partial charge in [-0.3, -0.25) is 9.59 Å². The number of hydrogen-bond donors (Lipinski definition) is 4. The molecule has 2 aromatic rings. The Labute approximate surface area is 217 Å². The number of piperidine rings is 1. The highest BCUT2D eigenvalue weighted by Gasteiger charge is 2.35. The number of H-pyrrole nitrogens is 1. The number of amides is 2. The quantitative estimate of drug-likeness (QED) is 0.311. The zero-order valence-corrected chi connectivity index (χ0v) is 22.2. The van der Waals surface area contributed by atoms with Gasteiger partial charge >= 0.3 is 5.97 Å². The van der Waals surface area contributed by atoms with Crippen molar-refractivity contribution in [3.63, 3.8) is 0 Å². The number of imidazole rings is 1. The third-order valence-electron chi connectivity index (χ3n) is 5.51. The lowest BCUT2D eigenvalue weighted by atomic mass is 10.0. The Kier molecular flexibility index (Phi) is 9.65. The smallest absolute Gasteiger partial charge is 0.348 e. The Morgan fingerprint density at radius 3 is 2.67 bits per heavy atom. The average Bonchev–Trinajstić information content (AvgIpc) is 3.44. The normalized spacial score (nSPS) is 17.9. The third-order valence-corrected chi connectivity index (χ3v) is 6.92. The summed E-state index contributed by atoms with van der Waals surface area (Å²) in [5.41, 5.74) is 0.545. The molecule has 4 N–H and O–H groups in total. The molecule has 0 aromatic carbocycles. The number of aryl methyl sites for hydroxylation is 1. The Hall–Kier alpha value is -2.74. The molecule has 198 valence electrons. The second-order valence-electron chi connectivity index (χ2n) is 8.47. The largest absolute Gasteiger partial charge is 0.477 e. The van der Waals surface area contributed by atoms with Crippen molar-refractivity contribution < 1.29 is 29.0 Å². The van der Waals surface area contributed by atoms with Crippen LogP contribution in [0.1, 0.15) is 63.7 Å². The molecule has 2 aromatic heterocycles. The first-order valence-corrected chi connectivity index (χ1v) is 12.8. The van der Waals surface area contributed by atoms with E-state index < -0.39 is 18.0 Å². The number of hydrogen-bond acceptors (Lipinski definition) is 9. The van der Waals surface area contributed by atoms with E-state index in [4.69, 9.17) is 21.1 Å². The molecule has 0 radical (unpaired) electrons. The zero-order chi connectivity index (χ0) is 26.4. The minimum atomic E-state index is -1.23. The number of halogens is 1. The van der Waals surface area contributed by atoms with Crippen molar-refractivity contribution in [1.82, 2.24) is 25.6 Å². The van der Waals surface area contributed by atoms with Gasteiger partial charge in [-0.05, 0) is 26.7 Å². The maximum absolute atomic E-state index is 12.8. The number of thiazole rings is 1. The molecular weight excluding hydrogens is 512 g/mol. The number of aromatic nitrogens is 3. The molecule has 12 nitrogen and oxygen atoms in total. The topological polar surface area (TPSA) is 159 Å². The lowest BCUT2D eigenvalue weighted by Gasteiger charge is -2.39. The van der Waals surface area contributed by atoms with Gasteiger partial charge in [-0.25, -0.2) is 14.8 Å². The first kappa shape index (κ1) is 27.8. The predicted octanol–water partition coefficient (Wildman–Crippen LogP) is 1.96. The van der Waals surface area contributed by atoms with Gasteiger partial charge in [-0.15, -0.1) is 0 Å². The maximum Gasteiger partial charge on any atom is 0.348 e. The van der Waals surface area contributed by atoms with Crippen LogP contribution in [0.25, 0.3) is 0 Å². The van der Waals surface area contributed by atoms with Gasteiger partial charge in [0.05, 0.1) is 30.6 Å². The number of rotatable bonds is 11. The van der Waals surface area contributed by atoms with Gasteiger partial charge in [0.25, 0.3) is 11.8 Å². The fraction of sp³-hybridized carbons (Fsp3) is 0.591. The molecule has 2 unspecified atom stereocenters. The van der Waals surface area contributed by atoms with Gasteiger partial charge in [0.1, 0.15) is 4.88 Å². The standard InChI is InChI=1S/C22H31ClN6O6S/c1-5-12-17(23)28-18(25-12)20(31)26-13-6-8-29(10-14(13)35-11(2)3)22-27-15(16(36-22)21(32)33)19(30)24-7-9-34-4/h11,13-14H,5-10H2,1-4H3,(H,24,30)(H,25,28)(H,26,31)(H,32,33). The summed E-state index contributed by atoms with van der Waals surface area (Å²) in [5, 5.41) is 15.9. The molecule has 0 bridgehead atoms. The molecule has 2 atom stereocenters. The second kappa shape index (κ2) is 12.5. The van der Waals surface area contributed by atoms with E-state index in [1.165, 1.54) is 7.11 Å². The summed E-state index contributed by atoms with van der Waals surface area (Å²) in [5.74, 6) is -2.05. The minimum absolute atomic E-state index is 0.118. The highest BCUT2D eigenvalue weighted by atomic mass is 35.5. The summed E-state index contributed by atoms with van der Waals surface area (Å²) < 4.78 is 11.0. The minimum Gasteiger partial charge on any atom is -0.477 e. The van der Waals surface area contributed by atoms with Crippen molar-refractivity contribution in [2.24, 2.45) is 0 Å². The molecule has 2 amide bonds. The van der Waals surface area contributed by atoms with E-state index in [2.05, 4.69) is 25.6 Å². The predicted molar refractivity (Wildman–Crippen MR) is 134 cm³/mol. The van der Waals surface area contributed by atoms with E-state index in [0.717, 1.165) is 11.3 Å². The average molecular weight is 543 g/mol. The zero-order valence-electron chi connectivity index (χ0n) is 20.6. The van der Waals surface area contributed by atoms with Gasteiger partial charge in [0.2, 0.25) is 0 Å². The SMILES string of the molecule is CCc1[nH]c(C(=O)NC2CCN(c3nc(C(=O)NCCOC)c(C(=O)O)s3)CC2OC(C)C)nc1Cl. The van der Waals surface area contributed by atoms with Crippen LogP contribution in [0, 0.1) is 0 Å². The lowest BCUT2D eigenvalue weighted by Crippen LogP contribution is -2.56. The number of nitrogens with zero attached hydrogens (tertiary/aromatic N) is 3. The molecule has 0 aliphatic carbocycles. The van der Waals surface area contributed by atoms with Gasteiger partial charge < -0.3 is 35.1 Å². The Morgan fingerprint density at radius 2 is 2.06 bits per heavy atom. The highest BCUT2D eigenvalue weighted by molar-refractivity contribution is 7.17. The van der Waals surface area contributed by atoms with Gasteiger partial charge in [-0.2, -0.15) is 0 Å². The van der Waals surface area contributed by atoms with Crippen molar-refractivity contribution in [3.05, 3.63) is 27.2 Å². The van der Waals surface area contributed by atoms with Crippen LogP contribution in [0.15, 0.2) is 0 Å². The van der Waals surface area contributed by atoms with Crippen LogP contribution in [0.2, 0.25) is 5.15 Å². The fourth-order valence-electron chi connectivity index (χ4n) is 3.80. The summed E-state index contributed by atoms with van der Waals surface area (Å²) in [6.07, 6.45) is 0.604. The van der Waals surface area contributed by atoms with Crippen LogP contribution in [0.5, 0.6) is 0 Å². The van der Waals surface area contributed by atoms with Gasteiger partial charge in [0, 0.05) is 26.7 Å². The van der Waals surface area contributed by atoms with Crippen LogP contribution in [-0.2, 0) is 15.9 Å². The number of carboxylic acids is 1. The van der Waals surface area contributed by atoms with Gasteiger partial charge in [-0.1, -0.05) is 29.9 Å². The summed E-state index contributed by atoms with van der Waals surface area (Å²) in [7, 11) is 1.50. The van der Waals surface area contributed by atoms with Crippen LogP contribution in [0.3, 0.4) is 0 Å². The summed E-state index contributed by atoms with van der Waals surface area (Å²) in [6.45, 7) is 7.04. The monoisotopic (exact) mass is 542 g/mol. The Morgan fingerprint density at radius 1 is 1.31 bits per heavy atom. The molecular formula is C22H31ClN6O6S. The number of anilines is 1. The molecule has 1 fully saturated rings. The number of carbonyl (C=O) groups is 3. The van der Waals surface area contributed by atoms with Crippen molar-refractivity contribution in [2.45, 2.75) is 51.9 Å². The van der Waals surface area contributed by atoms with Gasteiger partial charge in [0.15, 0.2) is 21.8 Å². The number of aromatic amines is 1. The summed E-state index contributed by atoms with van der Waals surface area (Å²) in [6, 6.07) is -0.319. The lowest BCUT2D eigenvalue weighted by molar-refractivity contribution is -0.0167. The van der Waals surface area contributed by atoms with Crippen molar-refractivity contribution in [2.75, 3.05) is 38.3 Å². The van der Waals surface area contributed by atoms with Crippen molar-refractivity contribution in [3.8, 4) is 0 Å². The fourth-order valence-corrected chi connectivity index (χ4v) is 5.00. The second-order valence-corrected chi connectivity index (χ2v) is 9.81. The number of ether oxygens (including phenoxy) is 2. The summed E-state index contributed by atoms with van der Waals surface area (Å²) in [4.78, 5) is 50.2. The maximum atomic E-state index is 12.8. The third kappa shape index (κ3) is 6.72. The molecule has 1 aliphatic rings. The molecule has 0 saturated carbocycles. The van der Waals surface area contributed by atoms with Crippen LogP contribution in [-0.4, -0.2) is 89.4 Å². The molecule has 1 saturated heterocycles. The van der Waals surface area contributed by atoms with E-state index in [-0.39, 0.29) is 46.1 Å². The summed E-state index contributed by atoms with van der Waals surface area (Å²) >= 11 is 7.01. The van der Waals surface area contributed by atoms with E-state index in [9.17, 15) is 19.5 Å². The van der Waals surface area contributed by atoms with Crippen LogP contribution in [0.4, 0.5) is 5.13 Å². The Bertz CT molecular complexity index is 1090. The van der Waals surface area contributed by atoms with E-state index in [1.54, 1.807) is 0 Å². The first-order valence-electron chi connectivity index (χ1n) is 11.6. The van der Waals surface area contributed by atoms with E-state index in [0.29, 0.717) is 43.4 Å². The number of aromatic carboxylic acids is 1. The first-order chi connectivity index (χ1) is 17.1. The van der Waals surface area contributed by atoms with E-state index >= 15 is 0 Å². The molecule has 1 aliphatic heterocycles. The van der Waals surface area contributed by atoms with E-state index in [1.807, 2.05) is 25.7 Å². The number of nitrogens with one attached hydrogen (secondary N) is 3. The molecule has 36 heavy (non-hydrogen) atoms. The number of carboxylic acid groups (broad SMARTS) is 1. The van der Waals surface area contributed by atoms with Crippen molar-refractivity contribution in [1.29, 1.82) is 0 Å². The molecule has 0 spiro atoms. The van der Waals surface area contributed by atoms with Crippen LogP contribution < -0.4 is 15.5 Å². The van der Waals surface area contributed by atoms with Crippen LogP contribution >= 0.6 is 22.9 Å². The van der Waals surface area contributed by atoms with Crippen molar-refractivity contribution >= 4 is 45.9 Å². The number of carbonyl (C=O) groups excluding carboxylic acids is 2. The molecule has 3 rings (SSSR count). The molecule has 14 heteroatoms. The number of methoxy groups -OCH3 is 1.